The molecule has 0 spiro atoms. The molecule has 4 nitrogen and oxygen atoms in total. The highest BCUT2D eigenvalue weighted by Gasteiger charge is 2.26. The van der Waals surface area contributed by atoms with E-state index in [2.05, 4.69) is 49.3 Å². The summed E-state index contributed by atoms with van der Waals surface area (Å²) in [6.45, 7) is 21.8. The van der Waals surface area contributed by atoms with E-state index in [1.165, 1.54) is 32.7 Å². The summed E-state index contributed by atoms with van der Waals surface area (Å²) in [6.07, 6.45) is 0.398. The van der Waals surface area contributed by atoms with Gasteiger partial charge in [0.25, 0.3) is 0 Å². The van der Waals surface area contributed by atoms with Gasteiger partial charge >= 0.3 is 0 Å². The molecule has 0 aromatic heterocycles. The summed E-state index contributed by atoms with van der Waals surface area (Å²) in [5.41, 5.74) is 0.409. The molecule has 0 aromatic carbocycles. The Bertz CT molecular complexity index is 306. The lowest BCUT2D eigenvalue weighted by Gasteiger charge is -2.41. The van der Waals surface area contributed by atoms with Crippen LogP contribution in [0.3, 0.4) is 0 Å². The van der Waals surface area contributed by atoms with Crippen molar-refractivity contribution < 1.29 is 4.74 Å². The predicted molar refractivity (Wildman–Crippen MR) is 88.8 cm³/mol. The van der Waals surface area contributed by atoms with Gasteiger partial charge in [0.2, 0.25) is 0 Å². The maximum atomic E-state index is 5.97. The molecular weight excluding hydrogens is 262 g/mol. The largest absolute Gasteiger partial charge is 0.374 e. The van der Waals surface area contributed by atoms with Gasteiger partial charge in [0, 0.05) is 58.4 Å². The van der Waals surface area contributed by atoms with Crippen molar-refractivity contribution in [1.29, 1.82) is 0 Å². The molecular formula is C17H35N3O. The van der Waals surface area contributed by atoms with Crippen LogP contribution in [0, 0.1) is 5.41 Å². The van der Waals surface area contributed by atoms with E-state index in [4.69, 9.17) is 4.74 Å². The third kappa shape index (κ3) is 5.85. The minimum Gasteiger partial charge on any atom is -0.374 e. The lowest BCUT2D eigenvalue weighted by molar-refractivity contribution is -0.0570. The van der Waals surface area contributed by atoms with Crippen LogP contribution in [0.2, 0.25) is 0 Å². The Morgan fingerprint density at radius 1 is 1.00 bits per heavy atom. The van der Waals surface area contributed by atoms with E-state index in [0.717, 1.165) is 26.2 Å². The maximum Gasteiger partial charge on any atom is 0.0829 e. The molecule has 1 atom stereocenters. The molecule has 0 amide bonds. The minimum absolute atomic E-state index is 0.398. The number of hydrogen-bond donors (Lipinski definition) is 0. The zero-order valence-electron chi connectivity index (χ0n) is 14.8. The van der Waals surface area contributed by atoms with Gasteiger partial charge in [-0.25, -0.2) is 0 Å². The molecule has 21 heavy (non-hydrogen) atoms. The van der Waals surface area contributed by atoms with Crippen molar-refractivity contribution in [2.45, 2.75) is 46.8 Å². The van der Waals surface area contributed by atoms with Gasteiger partial charge in [-0.3, -0.25) is 9.80 Å². The van der Waals surface area contributed by atoms with E-state index in [1.54, 1.807) is 0 Å². The molecule has 2 fully saturated rings. The minimum atomic E-state index is 0.398. The number of rotatable bonds is 4. The standard InChI is InChI=1S/C17H35N3O/c1-15(2)20-10-11-21-16(13-20)12-18-6-8-19(9-7-18)14-17(3,4)5/h15-16H,6-14H2,1-5H3. The van der Waals surface area contributed by atoms with E-state index in [0.29, 0.717) is 17.6 Å². The van der Waals surface area contributed by atoms with Crippen LogP contribution >= 0.6 is 0 Å². The van der Waals surface area contributed by atoms with Crippen LogP contribution in [0.1, 0.15) is 34.6 Å². The topological polar surface area (TPSA) is 19.0 Å². The average molecular weight is 297 g/mol. The van der Waals surface area contributed by atoms with Gasteiger partial charge in [-0.15, -0.1) is 0 Å². The van der Waals surface area contributed by atoms with Crippen molar-refractivity contribution in [3.63, 3.8) is 0 Å². The van der Waals surface area contributed by atoms with Crippen LogP contribution in [0.25, 0.3) is 0 Å². The number of hydrogen-bond acceptors (Lipinski definition) is 4. The van der Waals surface area contributed by atoms with Crippen molar-refractivity contribution in [2.75, 3.05) is 59.0 Å². The molecule has 0 aliphatic carbocycles. The van der Waals surface area contributed by atoms with Crippen molar-refractivity contribution >= 4 is 0 Å². The van der Waals surface area contributed by atoms with Crippen molar-refractivity contribution in [3.8, 4) is 0 Å². The van der Waals surface area contributed by atoms with Crippen molar-refractivity contribution in [3.05, 3.63) is 0 Å². The number of piperazine rings is 1. The van der Waals surface area contributed by atoms with Crippen molar-refractivity contribution in [1.82, 2.24) is 14.7 Å². The third-order valence-corrected chi connectivity index (χ3v) is 4.53. The lowest BCUT2D eigenvalue weighted by atomic mass is 9.96. The molecule has 0 saturated carbocycles. The zero-order valence-corrected chi connectivity index (χ0v) is 14.8. The molecule has 0 bridgehead atoms. The molecule has 2 rings (SSSR count). The maximum absolute atomic E-state index is 5.97. The summed E-state index contributed by atoms with van der Waals surface area (Å²) in [5, 5.41) is 0. The zero-order chi connectivity index (χ0) is 15.5. The second-order valence-electron chi connectivity index (χ2n) is 8.22. The molecule has 2 aliphatic heterocycles. The Hall–Kier alpha value is -0.160. The monoisotopic (exact) mass is 297 g/mol. The van der Waals surface area contributed by atoms with Gasteiger partial charge < -0.3 is 9.64 Å². The molecule has 2 heterocycles. The first kappa shape index (κ1) is 17.2. The summed E-state index contributed by atoms with van der Waals surface area (Å²) in [7, 11) is 0. The van der Waals surface area contributed by atoms with E-state index in [9.17, 15) is 0 Å². The number of ether oxygens (including phenoxy) is 1. The summed E-state index contributed by atoms with van der Waals surface area (Å²) in [6, 6.07) is 0.639. The highest BCUT2D eigenvalue weighted by molar-refractivity contribution is 4.81. The molecule has 2 saturated heterocycles. The smallest absolute Gasteiger partial charge is 0.0829 e. The molecule has 4 heteroatoms. The third-order valence-electron chi connectivity index (χ3n) is 4.53. The Morgan fingerprint density at radius 3 is 2.19 bits per heavy atom. The summed E-state index contributed by atoms with van der Waals surface area (Å²) in [4.78, 5) is 7.75. The summed E-state index contributed by atoms with van der Waals surface area (Å²) < 4.78 is 5.97. The normalized spacial score (nSPS) is 27.4. The second-order valence-corrected chi connectivity index (χ2v) is 8.22. The molecule has 0 aromatic rings. The predicted octanol–water partition coefficient (Wildman–Crippen LogP) is 1.76. The molecule has 0 N–H and O–H groups in total. The first-order chi connectivity index (χ1) is 9.83. The Labute approximate surface area is 131 Å². The van der Waals surface area contributed by atoms with E-state index in [1.807, 2.05) is 0 Å². The summed E-state index contributed by atoms with van der Waals surface area (Å²) >= 11 is 0. The van der Waals surface area contributed by atoms with E-state index >= 15 is 0 Å². The number of nitrogens with zero attached hydrogens (tertiary/aromatic N) is 3. The van der Waals surface area contributed by atoms with Crippen molar-refractivity contribution in [2.24, 2.45) is 5.41 Å². The highest BCUT2D eigenvalue weighted by atomic mass is 16.5. The van der Waals surface area contributed by atoms with Crippen LogP contribution in [0.4, 0.5) is 0 Å². The van der Waals surface area contributed by atoms with Crippen LogP contribution < -0.4 is 0 Å². The molecule has 124 valence electrons. The summed E-state index contributed by atoms with van der Waals surface area (Å²) in [5.74, 6) is 0. The van der Waals surface area contributed by atoms with Gasteiger partial charge in [0.15, 0.2) is 0 Å². The van der Waals surface area contributed by atoms with Gasteiger partial charge in [0.1, 0.15) is 0 Å². The van der Waals surface area contributed by atoms with E-state index < -0.39 is 0 Å². The molecule has 1 unspecified atom stereocenters. The van der Waals surface area contributed by atoms with Gasteiger partial charge in [-0.2, -0.15) is 0 Å². The first-order valence-corrected chi connectivity index (χ1v) is 8.64. The Kier molecular flexibility index (Phi) is 6.06. The number of morpholine rings is 1. The van der Waals surface area contributed by atoms with Gasteiger partial charge in [0.05, 0.1) is 12.7 Å². The lowest BCUT2D eigenvalue weighted by Crippen LogP contribution is -2.54. The second kappa shape index (κ2) is 7.40. The molecule has 0 radical (unpaired) electrons. The fourth-order valence-electron chi connectivity index (χ4n) is 3.41. The van der Waals surface area contributed by atoms with E-state index in [-0.39, 0.29) is 0 Å². The van der Waals surface area contributed by atoms with Crippen LogP contribution in [-0.2, 0) is 4.74 Å². The Morgan fingerprint density at radius 2 is 1.62 bits per heavy atom. The average Bonchev–Trinajstić information content (AvgIpc) is 2.40. The van der Waals surface area contributed by atoms with Crippen LogP contribution in [0.15, 0.2) is 0 Å². The first-order valence-electron chi connectivity index (χ1n) is 8.64. The highest BCUT2D eigenvalue weighted by Crippen LogP contribution is 2.17. The Balaban J connectivity index is 1.71. The molecule has 2 aliphatic rings. The quantitative estimate of drug-likeness (QED) is 0.787. The SMILES string of the molecule is CC(C)N1CCOC(CN2CCN(CC(C)(C)C)CC2)C1. The van der Waals surface area contributed by atoms with Gasteiger partial charge in [-0.1, -0.05) is 20.8 Å². The van der Waals surface area contributed by atoms with Crippen LogP contribution in [-0.4, -0.2) is 85.8 Å². The fraction of sp³-hybridized carbons (Fsp3) is 1.00. The fourth-order valence-corrected chi connectivity index (χ4v) is 3.41. The van der Waals surface area contributed by atoms with Gasteiger partial charge in [-0.05, 0) is 19.3 Å². The van der Waals surface area contributed by atoms with Crippen LogP contribution in [0.5, 0.6) is 0 Å².